The second-order valence-electron chi connectivity index (χ2n) is 9.97. The fraction of sp³-hybridized carbons (Fsp3) is 0.483. The van der Waals surface area contributed by atoms with Gasteiger partial charge in [-0.3, -0.25) is 9.89 Å². The van der Waals surface area contributed by atoms with Crippen LogP contribution < -0.4 is 14.4 Å². The molecule has 0 N–H and O–H groups in total. The predicted octanol–water partition coefficient (Wildman–Crippen LogP) is 4.79. The zero-order valence-electron chi connectivity index (χ0n) is 22.7. The summed E-state index contributed by atoms with van der Waals surface area (Å²) in [6.45, 7) is 7.25. The minimum absolute atomic E-state index is 0.00433. The first-order valence-corrected chi connectivity index (χ1v) is 13.6. The molecule has 3 aromatic rings. The molecule has 0 saturated carbocycles. The Morgan fingerprint density at radius 3 is 2.71 bits per heavy atom. The number of aliphatic imine (C=N–C) groups is 1. The molecule has 0 bridgehead atoms. The zero-order valence-corrected chi connectivity index (χ0v) is 22.7. The molecule has 0 spiro atoms. The maximum atomic E-state index is 13.6. The number of benzene rings is 1. The molecule has 202 valence electrons. The lowest BCUT2D eigenvalue weighted by Gasteiger charge is -2.36. The summed E-state index contributed by atoms with van der Waals surface area (Å²) in [5, 5.41) is 1.07. The first-order valence-electron chi connectivity index (χ1n) is 13.6. The average molecular weight is 519 g/mol. The van der Waals surface area contributed by atoms with Crippen molar-refractivity contribution in [1.29, 1.82) is 0 Å². The number of pyridine rings is 1. The number of carbonyl (C=O) groups is 1. The number of unbranched alkanes of at least 4 members (excludes halogenated alkanes) is 2. The zero-order chi connectivity index (χ0) is 26.5. The number of urea groups is 1. The molecule has 4 heterocycles. The third-order valence-electron chi connectivity index (χ3n) is 7.37. The van der Waals surface area contributed by atoms with Crippen LogP contribution in [0.2, 0.25) is 0 Å². The van der Waals surface area contributed by atoms with Gasteiger partial charge in [-0.2, -0.15) is 0 Å². The molecular weight excluding hydrogens is 480 g/mol. The van der Waals surface area contributed by atoms with Gasteiger partial charge in [-0.15, -0.1) is 0 Å². The second-order valence-corrected chi connectivity index (χ2v) is 9.97. The summed E-state index contributed by atoms with van der Waals surface area (Å²) in [5.41, 5.74) is 2.85. The Balaban J connectivity index is 1.32. The average Bonchev–Trinajstić information content (AvgIpc) is 3.54. The molecule has 0 radical (unpaired) electrons. The molecule has 0 atom stereocenters. The van der Waals surface area contributed by atoms with Crippen LogP contribution in [-0.2, 0) is 13.1 Å². The summed E-state index contributed by atoms with van der Waals surface area (Å²) >= 11 is 0. The Kier molecular flexibility index (Phi) is 8.00. The van der Waals surface area contributed by atoms with E-state index in [-0.39, 0.29) is 6.03 Å². The van der Waals surface area contributed by atoms with E-state index < -0.39 is 0 Å². The molecular formula is C29H38N6O3. The van der Waals surface area contributed by atoms with E-state index in [1.54, 1.807) is 7.11 Å². The Morgan fingerprint density at radius 1 is 1.03 bits per heavy atom. The minimum atomic E-state index is 0.00433. The summed E-state index contributed by atoms with van der Waals surface area (Å²) in [6, 6.07) is 9.88. The van der Waals surface area contributed by atoms with Gasteiger partial charge in [-0.25, -0.2) is 9.78 Å². The number of likely N-dealkylation sites (N-methyl/N-ethyl adjacent to an activating group) is 1. The lowest BCUT2D eigenvalue weighted by molar-refractivity contribution is 0.192. The fourth-order valence-electron chi connectivity index (χ4n) is 5.17. The summed E-state index contributed by atoms with van der Waals surface area (Å²) in [5.74, 6) is 2.44. The summed E-state index contributed by atoms with van der Waals surface area (Å²) in [4.78, 5) is 28.9. The van der Waals surface area contributed by atoms with Crippen LogP contribution in [0.15, 0.2) is 47.7 Å². The fourth-order valence-corrected chi connectivity index (χ4v) is 5.17. The molecule has 2 aliphatic rings. The maximum Gasteiger partial charge on any atom is 0.324 e. The highest BCUT2D eigenvalue weighted by molar-refractivity contribution is 5.93. The lowest BCUT2D eigenvalue weighted by Crippen LogP contribution is -2.49. The van der Waals surface area contributed by atoms with Gasteiger partial charge in [0, 0.05) is 62.8 Å². The Morgan fingerprint density at radius 2 is 1.92 bits per heavy atom. The van der Waals surface area contributed by atoms with Gasteiger partial charge in [0.15, 0.2) is 11.5 Å². The van der Waals surface area contributed by atoms with Crippen molar-refractivity contribution in [2.75, 3.05) is 51.8 Å². The van der Waals surface area contributed by atoms with E-state index >= 15 is 0 Å². The molecule has 0 aliphatic carbocycles. The van der Waals surface area contributed by atoms with Crippen molar-refractivity contribution >= 4 is 28.6 Å². The number of ether oxygens (including phenoxy) is 2. The molecule has 9 nitrogen and oxygen atoms in total. The molecule has 2 aromatic heterocycles. The molecule has 0 unspecified atom stereocenters. The van der Waals surface area contributed by atoms with Crippen LogP contribution in [0.25, 0.3) is 11.0 Å². The van der Waals surface area contributed by atoms with Gasteiger partial charge < -0.3 is 23.8 Å². The lowest BCUT2D eigenvalue weighted by atomic mass is 10.1. The van der Waals surface area contributed by atoms with Crippen molar-refractivity contribution in [3.8, 4) is 11.5 Å². The molecule has 9 heteroatoms. The first kappa shape index (κ1) is 25.9. The van der Waals surface area contributed by atoms with Gasteiger partial charge in [0.05, 0.1) is 26.8 Å². The van der Waals surface area contributed by atoms with Crippen LogP contribution in [0.5, 0.6) is 11.5 Å². The largest absolute Gasteiger partial charge is 0.493 e. The standard InChI is InChI=1S/C29H38N6O3/c1-4-5-6-18-38-26-19-23(8-9-25(26)37-3)35-15-7-14-34(29(35)36)20-22-10-12-31-28-24(22)11-16-33(28)21-27-30-13-17-32(27)2/h8-12,16,19H,4-7,13-15,17-18,20-21H2,1-3H3. The van der Waals surface area contributed by atoms with Crippen LogP contribution >= 0.6 is 0 Å². The molecule has 1 fully saturated rings. The molecule has 38 heavy (non-hydrogen) atoms. The third-order valence-corrected chi connectivity index (χ3v) is 7.37. The van der Waals surface area contributed by atoms with Gasteiger partial charge in [0.25, 0.3) is 0 Å². The van der Waals surface area contributed by atoms with Crippen molar-refractivity contribution in [2.45, 2.75) is 45.7 Å². The van der Waals surface area contributed by atoms with Gasteiger partial charge in [-0.05, 0) is 42.7 Å². The Bertz CT molecular complexity index is 1300. The predicted molar refractivity (Wildman–Crippen MR) is 150 cm³/mol. The van der Waals surface area contributed by atoms with E-state index in [0.29, 0.717) is 37.7 Å². The summed E-state index contributed by atoms with van der Waals surface area (Å²) < 4.78 is 13.7. The van der Waals surface area contributed by atoms with Crippen molar-refractivity contribution in [2.24, 2.45) is 4.99 Å². The van der Waals surface area contributed by atoms with Crippen molar-refractivity contribution in [3.05, 3.63) is 48.3 Å². The highest BCUT2D eigenvalue weighted by Crippen LogP contribution is 2.33. The van der Waals surface area contributed by atoms with Crippen LogP contribution in [0.4, 0.5) is 10.5 Å². The van der Waals surface area contributed by atoms with Crippen molar-refractivity contribution < 1.29 is 14.3 Å². The molecule has 1 saturated heterocycles. The molecule has 5 rings (SSSR count). The second kappa shape index (κ2) is 11.8. The van der Waals surface area contributed by atoms with Crippen LogP contribution in [0.1, 0.15) is 38.2 Å². The highest BCUT2D eigenvalue weighted by Gasteiger charge is 2.28. The van der Waals surface area contributed by atoms with E-state index in [4.69, 9.17) is 9.47 Å². The number of methoxy groups -OCH3 is 1. The van der Waals surface area contributed by atoms with E-state index in [9.17, 15) is 4.79 Å². The number of fused-ring (bicyclic) bond motifs is 1. The molecule has 2 amide bonds. The van der Waals surface area contributed by atoms with Gasteiger partial charge in [0.2, 0.25) is 0 Å². The van der Waals surface area contributed by atoms with Gasteiger partial charge in [-0.1, -0.05) is 19.8 Å². The van der Waals surface area contributed by atoms with Crippen LogP contribution in [-0.4, -0.2) is 78.2 Å². The van der Waals surface area contributed by atoms with E-state index in [0.717, 1.165) is 73.4 Å². The monoisotopic (exact) mass is 518 g/mol. The topological polar surface area (TPSA) is 75.4 Å². The number of aromatic nitrogens is 2. The number of amides is 2. The minimum Gasteiger partial charge on any atom is -0.493 e. The number of rotatable bonds is 11. The molecule has 1 aromatic carbocycles. The number of hydrogen-bond donors (Lipinski definition) is 0. The quantitative estimate of drug-likeness (QED) is 0.341. The number of anilines is 1. The van der Waals surface area contributed by atoms with E-state index in [1.165, 1.54) is 0 Å². The maximum absolute atomic E-state index is 13.6. The summed E-state index contributed by atoms with van der Waals surface area (Å²) in [6.07, 6.45) is 8.06. The SMILES string of the molecule is CCCCCOc1cc(N2CCCN(Cc3ccnc4c3ccn4CC3=NCCN3C)C2=O)ccc1OC. The van der Waals surface area contributed by atoms with Crippen LogP contribution in [0.3, 0.4) is 0 Å². The van der Waals surface area contributed by atoms with Gasteiger partial charge >= 0.3 is 6.03 Å². The third kappa shape index (κ3) is 5.42. The highest BCUT2D eigenvalue weighted by atomic mass is 16.5. The smallest absolute Gasteiger partial charge is 0.324 e. The van der Waals surface area contributed by atoms with Crippen LogP contribution in [0, 0.1) is 0 Å². The van der Waals surface area contributed by atoms with Crippen molar-refractivity contribution in [1.82, 2.24) is 19.4 Å². The number of nitrogens with zero attached hydrogens (tertiary/aromatic N) is 6. The Hall–Kier alpha value is -3.75. The number of carbonyl (C=O) groups excluding carboxylic acids is 1. The van der Waals surface area contributed by atoms with Gasteiger partial charge in [0.1, 0.15) is 11.5 Å². The Labute approximate surface area is 224 Å². The summed E-state index contributed by atoms with van der Waals surface area (Å²) in [7, 11) is 3.72. The van der Waals surface area contributed by atoms with E-state index in [1.807, 2.05) is 40.3 Å². The first-order chi connectivity index (χ1) is 18.6. The van der Waals surface area contributed by atoms with Crippen molar-refractivity contribution in [3.63, 3.8) is 0 Å². The van der Waals surface area contributed by atoms with E-state index in [2.05, 4.69) is 45.7 Å². The normalized spacial score (nSPS) is 15.9. The molecule has 2 aliphatic heterocycles. The number of hydrogen-bond acceptors (Lipinski definition) is 6. The number of amidine groups is 1.